The molecule has 3 rings (SSSR count). The molecule has 8 nitrogen and oxygen atoms in total. The molecular weight excluding hydrogens is 324 g/mol. The van der Waals surface area contributed by atoms with E-state index in [2.05, 4.69) is 15.5 Å². The van der Waals surface area contributed by atoms with Crippen molar-refractivity contribution in [3.05, 3.63) is 36.2 Å². The van der Waals surface area contributed by atoms with E-state index >= 15 is 0 Å². The van der Waals surface area contributed by atoms with E-state index in [9.17, 15) is 9.59 Å². The van der Waals surface area contributed by atoms with Crippen molar-refractivity contribution in [2.45, 2.75) is 18.4 Å². The molecule has 1 atom stereocenters. The van der Waals surface area contributed by atoms with Crippen molar-refractivity contribution in [2.24, 2.45) is 0 Å². The summed E-state index contributed by atoms with van der Waals surface area (Å²) in [6, 6.07) is 6.95. The van der Waals surface area contributed by atoms with E-state index in [1.807, 2.05) is 6.07 Å². The number of ether oxygens (including phenoxy) is 1. The maximum atomic E-state index is 12.9. The third-order valence-corrected chi connectivity index (χ3v) is 4.42. The summed E-state index contributed by atoms with van der Waals surface area (Å²) in [7, 11) is 3.06. The van der Waals surface area contributed by atoms with Crippen LogP contribution in [0.25, 0.3) is 11.4 Å². The second kappa shape index (κ2) is 7.02. The predicted octanol–water partition coefficient (Wildman–Crippen LogP) is 1.10. The van der Waals surface area contributed by atoms with Gasteiger partial charge in [-0.2, -0.15) is 0 Å². The van der Waals surface area contributed by atoms with Gasteiger partial charge in [0.25, 0.3) is 5.91 Å². The fourth-order valence-electron chi connectivity index (χ4n) is 3.24. The number of rotatable bonds is 5. The number of carbonyl (C=O) groups excluding carboxylic acids is 2. The highest BCUT2D eigenvalue weighted by Gasteiger charge is 2.50. The monoisotopic (exact) mass is 344 g/mol. The minimum atomic E-state index is -1.03. The van der Waals surface area contributed by atoms with Gasteiger partial charge in [0.05, 0.1) is 12.3 Å². The van der Waals surface area contributed by atoms with Crippen LogP contribution in [-0.4, -0.2) is 59.7 Å². The number of hydrogen-bond acceptors (Lipinski definition) is 6. The number of aromatic nitrogens is 2. The van der Waals surface area contributed by atoms with Crippen LogP contribution in [0.4, 0.5) is 0 Å². The summed E-state index contributed by atoms with van der Waals surface area (Å²) in [5.74, 6) is -0.551. The lowest BCUT2D eigenvalue weighted by molar-refractivity contribution is -0.133. The maximum Gasteiger partial charge on any atom is 0.293 e. The van der Waals surface area contributed by atoms with E-state index in [0.29, 0.717) is 30.8 Å². The summed E-state index contributed by atoms with van der Waals surface area (Å²) in [6.07, 6.45) is 2.89. The van der Waals surface area contributed by atoms with Gasteiger partial charge in [-0.25, -0.2) is 0 Å². The van der Waals surface area contributed by atoms with Crippen LogP contribution < -0.4 is 5.32 Å². The molecule has 0 radical (unpaired) electrons. The number of methoxy groups -OCH3 is 1. The standard InChI is InChI=1S/C17H20N4O4/c1-18-16(23)17(11-24-2)7-5-9-21(17)15(22)14-10-13(20-25-14)12-6-3-4-8-19-12/h3-4,6,8,10H,5,7,9,11H2,1-2H3,(H,18,23). The zero-order chi connectivity index (χ0) is 17.9. The summed E-state index contributed by atoms with van der Waals surface area (Å²) in [6.45, 7) is 0.578. The van der Waals surface area contributed by atoms with Crippen LogP contribution in [0.15, 0.2) is 35.0 Å². The first-order valence-electron chi connectivity index (χ1n) is 8.03. The minimum Gasteiger partial charge on any atom is -0.382 e. The molecule has 3 heterocycles. The number of nitrogens with zero attached hydrogens (tertiary/aromatic N) is 3. The Bertz CT molecular complexity index is 761. The normalized spacial score (nSPS) is 19.8. The molecule has 8 heteroatoms. The molecule has 1 unspecified atom stereocenters. The van der Waals surface area contributed by atoms with E-state index in [1.54, 1.807) is 31.4 Å². The number of nitrogens with one attached hydrogen (secondary N) is 1. The molecule has 1 aliphatic heterocycles. The van der Waals surface area contributed by atoms with E-state index in [0.717, 1.165) is 0 Å². The van der Waals surface area contributed by atoms with E-state index < -0.39 is 5.54 Å². The van der Waals surface area contributed by atoms with Crippen molar-refractivity contribution in [3.63, 3.8) is 0 Å². The van der Waals surface area contributed by atoms with Gasteiger partial charge in [-0.05, 0) is 25.0 Å². The van der Waals surface area contributed by atoms with Gasteiger partial charge in [-0.3, -0.25) is 14.6 Å². The molecule has 0 spiro atoms. The zero-order valence-corrected chi connectivity index (χ0v) is 14.2. The largest absolute Gasteiger partial charge is 0.382 e. The van der Waals surface area contributed by atoms with Crippen LogP contribution in [0.1, 0.15) is 23.4 Å². The Morgan fingerprint density at radius 2 is 2.24 bits per heavy atom. The van der Waals surface area contributed by atoms with Crippen molar-refractivity contribution in [3.8, 4) is 11.4 Å². The summed E-state index contributed by atoms with van der Waals surface area (Å²) >= 11 is 0. The second-order valence-corrected chi connectivity index (χ2v) is 5.90. The van der Waals surface area contributed by atoms with Gasteiger partial charge in [0, 0.05) is 33.0 Å². The summed E-state index contributed by atoms with van der Waals surface area (Å²) in [4.78, 5) is 31.1. The Kier molecular flexibility index (Phi) is 4.80. The van der Waals surface area contributed by atoms with E-state index in [-0.39, 0.29) is 24.2 Å². The Morgan fingerprint density at radius 1 is 1.40 bits per heavy atom. The highest BCUT2D eigenvalue weighted by Crippen LogP contribution is 2.32. The SMILES string of the molecule is CNC(=O)C1(COC)CCCN1C(=O)c1cc(-c2ccccn2)no1. The van der Waals surface area contributed by atoms with Gasteiger partial charge < -0.3 is 19.5 Å². The predicted molar refractivity (Wildman–Crippen MR) is 88.7 cm³/mol. The zero-order valence-electron chi connectivity index (χ0n) is 14.2. The maximum absolute atomic E-state index is 12.9. The molecule has 1 N–H and O–H groups in total. The average Bonchev–Trinajstić information content (AvgIpc) is 3.29. The fourth-order valence-corrected chi connectivity index (χ4v) is 3.24. The first-order chi connectivity index (χ1) is 12.1. The van der Waals surface area contributed by atoms with Crippen molar-refractivity contribution in [2.75, 3.05) is 27.3 Å². The smallest absolute Gasteiger partial charge is 0.293 e. The quantitative estimate of drug-likeness (QED) is 0.872. The number of likely N-dealkylation sites (tertiary alicyclic amines) is 1. The van der Waals surface area contributed by atoms with Crippen molar-refractivity contribution >= 4 is 11.8 Å². The molecule has 1 aliphatic rings. The molecule has 2 aromatic heterocycles. The number of hydrogen-bond donors (Lipinski definition) is 1. The Labute approximate surface area is 145 Å². The van der Waals surface area contributed by atoms with Gasteiger partial charge in [0.1, 0.15) is 11.2 Å². The minimum absolute atomic E-state index is 0.0759. The van der Waals surface area contributed by atoms with Crippen molar-refractivity contribution in [1.29, 1.82) is 0 Å². The summed E-state index contributed by atoms with van der Waals surface area (Å²) in [5.41, 5.74) is 0.0556. The van der Waals surface area contributed by atoms with Crippen molar-refractivity contribution < 1.29 is 18.8 Å². The van der Waals surface area contributed by atoms with Crippen LogP contribution in [0.2, 0.25) is 0 Å². The van der Waals surface area contributed by atoms with Crippen LogP contribution in [0.3, 0.4) is 0 Å². The number of likely N-dealkylation sites (N-methyl/N-ethyl adjacent to an activating group) is 1. The lowest BCUT2D eigenvalue weighted by Gasteiger charge is -2.35. The molecule has 25 heavy (non-hydrogen) atoms. The Hall–Kier alpha value is -2.74. The van der Waals surface area contributed by atoms with Gasteiger partial charge in [0.2, 0.25) is 11.7 Å². The lowest BCUT2D eigenvalue weighted by atomic mass is 9.95. The second-order valence-electron chi connectivity index (χ2n) is 5.90. The molecule has 0 aromatic carbocycles. The summed E-state index contributed by atoms with van der Waals surface area (Å²) < 4.78 is 10.5. The van der Waals surface area contributed by atoms with E-state index in [4.69, 9.17) is 9.26 Å². The number of amides is 2. The third-order valence-electron chi connectivity index (χ3n) is 4.42. The van der Waals surface area contributed by atoms with Gasteiger partial charge in [-0.1, -0.05) is 11.2 Å². The van der Waals surface area contributed by atoms with Gasteiger partial charge >= 0.3 is 0 Å². The Morgan fingerprint density at radius 3 is 2.92 bits per heavy atom. The highest BCUT2D eigenvalue weighted by atomic mass is 16.5. The number of pyridine rings is 1. The third kappa shape index (κ3) is 3.00. The van der Waals surface area contributed by atoms with Gasteiger partial charge in [-0.15, -0.1) is 0 Å². The van der Waals surface area contributed by atoms with Crippen LogP contribution in [0, 0.1) is 0 Å². The van der Waals surface area contributed by atoms with Crippen LogP contribution in [-0.2, 0) is 9.53 Å². The molecule has 2 aromatic rings. The number of carbonyl (C=O) groups is 2. The van der Waals surface area contributed by atoms with Crippen molar-refractivity contribution in [1.82, 2.24) is 20.4 Å². The molecule has 0 bridgehead atoms. The molecule has 132 valence electrons. The molecule has 2 amide bonds. The summed E-state index contributed by atoms with van der Waals surface area (Å²) in [5, 5.41) is 6.55. The molecule has 0 aliphatic carbocycles. The highest BCUT2D eigenvalue weighted by molar-refractivity contribution is 5.98. The van der Waals surface area contributed by atoms with E-state index in [1.165, 1.54) is 12.0 Å². The Balaban J connectivity index is 1.89. The van der Waals surface area contributed by atoms with Gasteiger partial charge in [0.15, 0.2) is 0 Å². The first-order valence-corrected chi connectivity index (χ1v) is 8.03. The van der Waals surface area contributed by atoms with Crippen LogP contribution in [0.5, 0.6) is 0 Å². The molecule has 1 fully saturated rings. The average molecular weight is 344 g/mol. The topological polar surface area (TPSA) is 97.6 Å². The molecular formula is C17H20N4O4. The first kappa shape index (κ1) is 17.1. The lowest BCUT2D eigenvalue weighted by Crippen LogP contribution is -2.59. The fraction of sp³-hybridized carbons (Fsp3) is 0.412. The molecule has 1 saturated heterocycles. The molecule has 0 saturated carbocycles. The van der Waals surface area contributed by atoms with Crippen LogP contribution >= 0.6 is 0 Å².